The molecule has 2 fully saturated rings. The number of carbonyl (C=O) groups is 1. The third kappa shape index (κ3) is 4.76. The molecule has 8 nitrogen and oxygen atoms in total. The van der Waals surface area contributed by atoms with Gasteiger partial charge in [-0.2, -0.15) is 9.57 Å². The first-order chi connectivity index (χ1) is 15.5. The molecule has 2 saturated heterocycles. The van der Waals surface area contributed by atoms with Gasteiger partial charge in [0.15, 0.2) is 0 Å². The maximum absolute atomic E-state index is 12.6. The Bertz CT molecular complexity index is 1100. The highest BCUT2D eigenvalue weighted by molar-refractivity contribution is 7.89. The molecular formula is C23H27N5O3S. The standard InChI is InChI=1S/C23H27N5O3S/c24-16-20-4-3-11-25-22(20)27-14-9-18(10-15-27)17-26-23(29)19-5-7-21(8-6-19)32(30,31)28-12-1-2-13-28/h3-8,11,18H,1-2,9-10,12-15,17H2,(H,26,29). The molecule has 0 aliphatic carbocycles. The van der Waals surface area contributed by atoms with E-state index in [9.17, 15) is 18.5 Å². The number of sulfonamides is 1. The summed E-state index contributed by atoms with van der Waals surface area (Å²) in [5.41, 5.74) is 1.03. The van der Waals surface area contributed by atoms with Crippen molar-refractivity contribution >= 4 is 21.7 Å². The molecule has 2 aliphatic rings. The Morgan fingerprint density at radius 1 is 1.09 bits per heavy atom. The fourth-order valence-electron chi connectivity index (χ4n) is 4.28. The van der Waals surface area contributed by atoms with Gasteiger partial charge in [0.25, 0.3) is 5.91 Å². The monoisotopic (exact) mass is 453 g/mol. The van der Waals surface area contributed by atoms with E-state index in [1.807, 2.05) is 0 Å². The molecule has 1 aromatic heterocycles. The van der Waals surface area contributed by atoms with Crippen molar-refractivity contribution in [1.29, 1.82) is 5.26 Å². The SMILES string of the molecule is N#Cc1cccnc1N1CCC(CNC(=O)c2ccc(S(=O)(=O)N3CCCC3)cc2)CC1. The van der Waals surface area contributed by atoms with Crippen LogP contribution in [0.4, 0.5) is 5.82 Å². The predicted octanol–water partition coefficient (Wildman–Crippen LogP) is 2.38. The number of amides is 1. The molecule has 0 saturated carbocycles. The molecule has 3 heterocycles. The summed E-state index contributed by atoms with van der Waals surface area (Å²) in [7, 11) is -3.47. The highest BCUT2D eigenvalue weighted by Gasteiger charge is 2.27. The number of benzene rings is 1. The molecule has 9 heteroatoms. The molecule has 1 aromatic carbocycles. The lowest BCUT2D eigenvalue weighted by Gasteiger charge is -2.33. The number of aromatic nitrogens is 1. The van der Waals surface area contributed by atoms with Crippen molar-refractivity contribution in [2.24, 2.45) is 5.92 Å². The molecule has 0 atom stereocenters. The van der Waals surface area contributed by atoms with Gasteiger partial charge in [0.05, 0.1) is 10.5 Å². The van der Waals surface area contributed by atoms with Crippen LogP contribution in [-0.2, 0) is 10.0 Å². The van der Waals surface area contributed by atoms with E-state index >= 15 is 0 Å². The minimum absolute atomic E-state index is 0.200. The van der Waals surface area contributed by atoms with Crippen LogP contribution in [0.2, 0.25) is 0 Å². The van der Waals surface area contributed by atoms with Crippen LogP contribution in [0, 0.1) is 17.2 Å². The molecule has 2 aliphatic heterocycles. The molecule has 32 heavy (non-hydrogen) atoms. The van der Waals surface area contributed by atoms with Crippen LogP contribution in [0.1, 0.15) is 41.6 Å². The molecular weight excluding hydrogens is 426 g/mol. The second-order valence-corrected chi connectivity index (χ2v) is 10.2. The summed E-state index contributed by atoms with van der Waals surface area (Å²) in [5.74, 6) is 0.870. The highest BCUT2D eigenvalue weighted by Crippen LogP contribution is 2.24. The van der Waals surface area contributed by atoms with Gasteiger partial charge in [-0.05, 0) is 68.0 Å². The number of carbonyl (C=O) groups excluding carboxylic acids is 1. The van der Waals surface area contributed by atoms with E-state index in [-0.39, 0.29) is 10.8 Å². The van der Waals surface area contributed by atoms with Crippen LogP contribution >= 0.6 is 0 Å². The lowest BCUT2D eigenvalue weighted by atomic mass is 9.96. The van der Waals surface area contributed by atoms with Gasteiger partial charge in [0.1, 0.15) is 11.9 Å². The van der Waals surface area contributed by atoms with E-state index in [0.29, 0.717) is 36.7 Å². The van der Waals surface area contributed by atoms with E-state index in [1.54, 1.807) is 30.5 Å². The zero-order valence-electron chi connectivity index (χ0n) is 17.9. The summed E-state index contributed by atoms with van der Waals surface area (Å²) in [6.45, 7) is 3.25. The number of piperidine rings is 1. The third-order valence-electron chi connectivity index (χ3n) is 6.19. The van der Waals surface area contributed by atoms with Crippen molar-refractivity contribution in [2.45, 2.75) is 30.6 Å². The number of nitriles is 1. The van der Waals surface area contributed by atoms with E-state index in [0.717, 1.165) is 44.6 Å². The van der Waals surface area contributed by atoms with Gasteiger partial charge in [-0.3, -0.25) is 4.79 Å². The number of hydrogen-bond acceptors (Lipinski definition) is 6. The summed E-state index contributed by atoms with van der Waals surface area (Å²) in [5, 5.41) is 12.2. The number of nitrogens with zero attached hydrogens (tertiary/aromatic N) is 4. The summed E-state index contributed by atoms with van der Waals surface area (Å²) < 4.78 is 26.7. The van der Waals surface area contributed by atoms with E-state index < -0.39 is 10.0 Å². The minimum Gasteiger partial charge on any atom is -0.356 e. The van der Waals surface area contributed by atoms with Crippen molar-refractivity contribution in [2.75, 3.05) is 37.6 Å². The molecule has 1 amide bonds. The van der Waals surface area contributed by atoms with Gasteiger partial charge in [0.2, 0.25) is 10.0 Å². The number of anilines is 1. The molecule has 0 radical (unpaired) electrons. The van der Waals surface area contributed by atoms with Crippen LogP contribution in [-0.4, -0.2) is 56.3 Å². The number of hydrogen-bond donors (Lipinski definition) is 1. The fourth-order valence-corrected chi connectivity index (χ4v) is 5.80. The normalized spacial score (nSPS) is 17.8. The van der Waals surface area contributed by atoms with Crippen molar-refractivity contribution in [3.63, 3.8) is 0 Å². The number of pyridine rings is 1. The van der Waals surface area contributed by atoms with Gasteiger partial charge in [-0.25, -0.2) is 13.4 Å². The average Bonchev–Trinajstić information content (AvgIpc) is 3.39. The Morgan fingerprint density at radius 2 is 1.78 bits per heavy atom. The first-order valence-corrected chi connectivity index (χ1v) is 12.4. The van der Waals surface area contributed by atoms with Crippen molar-refractivity contribution < 1.29 is 13.2 Å². The van der Waals surface area contributed by atoms with E-state index in [1.165, 1.54) is 16.4 Å². The lowest BCUT2D eigenvalue weighted by molar-refractivity contribution is 0.0944. The maximum Gasteiger partial charge on any atom is 0.251 e. The van der Waals surface area contributed by atoms with Crippen molar-refractivity contribution in [3.05, 3.63) is 53.7 Å². The van der Waals surface area contributed by atoms with Crippen LogP contribution in [0.5, 0.6) is 0 Å². The van der Waals surface area contributed by atoms with Gasteiger partial charge < -0.3 is 10.2 Å². The quantitative estimate of drug-likeness (QED) is 0.720. The fraction of sp³-hybridized carbons (Fsp3) is 0.435. The first kappa shape index (κ1) is 22.2. The Hall–Kier alpha value is -2.96. The second kappa shape index (κ2) is 9.67. The third-order valence-corrected chi connectivity index (χ3v) is 8.10. The summed E-state index contributed by atoms with van der Waals surface area (Å²) >= 11 is 0. The Morgan fingerprint density at radius 3 is 2.44 bits per heavy atom. The molecule has 2 aromatic rings. The summed E-state index contributed by atoms with van der Waals surface area (Å²) in [6.07, 6.45) is 5.27. The summed E-state index contributed by atoms with van der Waals surface area (Å²) in [6, 6.07) is 11.9. The highest BCUT2D eigenvalue weighted by atomic mass is 32.2. The van der Waals surface area contributed by atoms with Crippen LogP contribution in [0.3, 0.4) is 0 Å². The predicted molar refractivity (Wildman–Crippen MR) is 121 cm³/mol. The molecule has 0 spiro atoms. The maximum atomic E-state index is 12.6. The van der Waals surface area contributed by atoms with Crippen molar-refractivity contribution in [1.82, 2.24) is 14.6 Å². The second-order valence-electron chi connectivity index (χ2n) is 8.26. The van der Waals surface area contributed by atoms with Crippen molar-refractivity contribution in [3.8, 4) is 6.07 Å². The van der Waals surface area contributed by atoms with Crippen LogP contribution in [0.15, 0.2) is 47.5 Å². The zero-order chi connectivity index (χ0) is 22.6. The Labute approximate surface area is 188 Å². The molecule has 4 rings (SSSR count). The topological polar surface area (TPSA) is 106 Å². The van der Waals surface area contributed by atoms with Gasteiger partial charge in [-0.1, -0.05) is 0 Å². The van der Waals surface area contributed by atoms with Crippen LogP contribution in [0.25, 0.3) is 0 Å². The average molecular weight is 454 g/mol. The largest absolute Gasteiger partial charge is 0.356 e. The van der Waals surface area contributed by atoms with Gasteiger partial charge >= 0.3 is 0 Å². The van der Waals surface area contributed by atoms with Gasteiger partial charge in [0, 0.05) is 44.5 Å². The van der Waals surface area contributed by atoms with Gasteiger partial charge in [-0.15, -0.1) is 0 Å². The smallest absolute Gasteiger partial charge is 0.251 e. The van der Waals surface area contributed by atoms with E-state index in [4.69, 9.17) is 0 Å². The molecule has 1 N–H and O–H groups in total. The summed E-state index contributed by atoms with van der Waals surface area (Å²) in [4.78, 5) is 19.2. The molecule has 0 bridgehead atoms. The molecule has 0 unspecified atom stereocenters. The van der Waals surface area contributed by atoms with E-state index in [2.05, 4.69) is 21.3 Å². The van der Waals surface area contributed by atoms with Crippen LogP contribution < -0.4 is 10.2 Å². The minimum atomic E-state index is -3.47. The zero-order valence-corrected chi connectivity index (χ0v) is 18.7. The number of nitrogens with one attached hydrogen (secondary N) is 1. The molecule has 168 valence electrons. The Balaban J connectivity index is 1.29. The Kier molecular flexibility index (Phi) is 6.72. The first-order valence-electron chi connectivity index (χ1n) is 11.0. The number of rotatable bonds is 6. The lowest BCUT2D eigenvalue weighted by Crippen LogP contribution is -2.39.